The van der Waals surface area contributed by atoms with Gasteiger partial charge in [-0.1, -0.05) is 0 Å². The van der Waals surface area contributed by atoms with E-state index in [1.54, 1.807) is 6.20 Å². The Labute approximate surface area is 75.8 Å². The van der Waals surface area contributed by atoms with Crippen molar-refractivity contribution < 1.29 is 4.42 Å². The van der Waals surface area contributed by atoms with Crippen molar-refractivity contribution in [3.63, 3.8) is 0 Å². The smallest absolute Gasteiger partial charge is 0.198 e. The largest absolute Gasteiger partial charge is 0.439 e. The highest BCUT2D eigenvalue weighted by Crippen LogP contribution is 2.12. The lowest BCUT2D eigenvalue weighted by Crippen LogP contribution is -1.82. The zero-order valence-corrected chi connectivity index (χ0v) is 7.03. The fourth-order valence-electron chi connectivity index (χ4n) is 1.10. The Morgan fingerprint density at radius 2 is 2.46 bits per heavy atom. The average molecular weight is 172 g/mol. The van der Waals surface area contributed by atoms with Gasteiger partial charge in [0, 0.05) is 19.0 Å². The number of aromatic nitrogens is 2. The summed E-state index contributed by atoms with van der Waals surface area (Å²) in [6, 6.07) is 3.66. The maximum Gasteiger partial charge on any atom is 0.198 e. The van der Waals surface area contributed by atoms with Gasteiger partial charge in [0.15, 0.2) is 17.1 Å². The first-order valence-corrected chi connectivity index (χ1v) is 4.04. The highest BCUT2D eigenvalue weighted by Gasteiger charge is 2.03. The van der Waals surface area contributed by atoms with Gasteiger partial charge in [-0.3, -0.25) is 0 Å². The fourth-order valence-corrected chi connectivity index (χ4v) is 1.10. The van der Waals surface area contributed by atoms with E-state index >= 15 is 0 Å². The molecule has 0 spiro atoms. The Balaban J connectivity index is 2.34. The van der Waals surface area contributed by atoms with Crippen molar-refractivity contribution in [3.05, 3.63) is 24.2 Å². The number of hydrogen-bond donors (Lipinski definition) is 0. The van der Waals surface area contributed by atoms with E-state index in [9.17, 15) is 0 Å². The Kier molecular flexibility index (Phi) is 1.97. The van der Waals surface area contributed by atoms with Gasteiger partial charge >= 0.3 is 0 Å². The Morgan fingerprint density at radius 1 is 1.54 bits per heavy atom. The molecule has 0 amide bonds. The van der Waals surface area contributed by atoms with Crippen molar-refractivity contribution in [3.8, 4) is 12.3 Å². The number of terminal acetylenes is 1. The second-order valence-electron chi connectivity index (χ2n) is 2.64. The Hall–Kier alpha value is -1.82. The summed E-state index contributed by atoms with van der Waals surface area (Å²) in [7, 11) is 0. The molecule has 3 heteroatoms. The molecule has 13 heavy (non-hydrogen) atoms. The Bertz CT molecular complexity index is 420. The highest BCUT2D eigenvalue weighted by atomic mass is 16.3. The molecule has 2 rings (SSSR count). The third kappa shape index (κ3) is 1.52. The fraction of sp³-hybridized carbons (Fsp3) is 0.200. The monoisotopic (exact) mass is 172 g/mol. The number of hydrogen-bond acceptors (Lipinski definition) is 3. The molecule has 2 aromatic heterocycles. The van der Waals surface area contributed by atoms with Crippen LogP contribution in [-0.4, -0.2) is 9.97 Å². The maximum absolute atomic E-state index is 5.40. The summed E-state index contributed by atoms with van der Waals surface area (Å²) in [5.41, 5.74) is 1.36. The van der Waals surface area contributed by atoms with Crippen LogP contribution >= 0.6 is 0 Å². The van der Waals surface area contributed by atoms with Gasteiger partial charge in [-0.25, -0.2) is 4.98 Å². The van der Waals surface area contributed by atoms with Crippen LogP contribution in [-0.2, 0) is 6.42 Å². The molecule has 0 aliphatic heterocycles. The van der Waals surface area contributed by atoms with Crippen molar-refractivity contribution in [1.82, 2.24) is 9.97 Å². The minimum absolute atomic E-state index is 0.646. The van der Waals surface area contributed by atoms with Crippen molar-refractivity contribution in [1.29, 1.82) is 0 Å². The molecule has 0 bridgehead atoms. The van der Waals surface area contributed by atoms with E-state index in [4.69, 9.17) is 10.8 Å². The second kappa shape index (κ2) is 3.28. The molecule has 0 saturated carbocycles. The first kappa shape index (κ1) is 7.81. The van der Waals surface area contributed by atoms with E-state index in [0.29, 0.717) is 24.4 Å². The van der Waals surface area contributed by atoms with Crippen LogP contribution < -0.4 is 0 Å². The first-order valence-electron chi connectivity index (χ1n) is 4.04. The summed E-state index contributed by atoms with van der Waals surface area (Å²) in [5, 5.41) is 0. The van der Waals surface area contributed by atoms with Crippen LogP contribution in [0, 0.1) is 12.3 Å². The minimum Gasteiger partial charge on any atom is -0.439 e. The SMILES string of the molecule is C#CCCc1nc2ncccc2o1. The Morgan fingerprint density at radius 3 is 3.23 bits per heavy atom. The van der Waals surface area contributed by atoms with Crippen LogP contribution in [0.1, 0.15) is 12.3 Å². The summed E-state index contributed by atoms with van der Waals surface area (Å²) < 4.78 is 5.40. The van der Waals surface area contributed by atoms with Gasteiger partial charge < -0.3 is 4.42 Å². The minimum atomic E-state index is 0.646. The summed E-state index contributed by atoms with van der Waals surface area (Å²) in [6.07, 6.45) is 8.14. The van der Waals surface area contributed by atoms with Crippen LogP contribution in [0.25, 0.3) is 11.2 Å². The van der Waals surface area contributed by atoms with Gasteiger partial charge in [-0.05, 0) is 12.1 Å². The van der Waals surface area contributed by atoms with Crippen molar-refractivity contribution in [2.45, 2.75) is 12.8 Å². The third-order valence-corrected chi connectivity index (χ3v) is 1.69. The van der Waals surface area contributed by atoms with Gasteiger partial charge in [0.1, 0.15) is 0 Å². The zero-order valence-electron chi connectivity index (χ0n) is 7.03. The molecule has 0 fully saturated rings. The topological polar surface area (TPSA) is 38.9 Å². The van der Waals surface area contributed by atoms with E-state index in [1.165, 1.54) is 0 Å². The average Bonchev–Trinajstić information content (AvgIpc) is 2.57. The first-order chi connectivity index (χ1) is 6.40. The number of rotatable bonds is 2. The number of oxazole rings is 1. The molecule has 2 aromatic rings. The van der Waals surface area contributed by atoms with Crippen LogP contribution in [0.3, 0.4) is 0 Å². The van der Waals surface area contributed by atoms with E-state index in [2.05, 4.69) is 15.9 Å². The van der Waals surface area contributed by atoms with Gasteiger partial charge in [0.2, 0.25) is 0 Å². The van der Waals surface area contributed by atoms with Crippen molar-refractivity contribution >= 4 is 11.2 Å². The van der Waals surface area contributed by atoms with Crippen molar-refractivity contribution in [2.24, 2.45) is 0 Å². The van der Waals surface area contributed by atoms with E-state index in [-0.39, 0.29) is 0 Å². The lowest BCUT2D eigenvalue weighted by atomic mass is 10.3. The van der Waals surface area contributed by atoms with Crippen LogP contribution in [0.15, 0.2) is 22.7 Å². The molecule has 0 aliphatic rings. The summed E-state index contributed by atoms with van der Waals surface area (Å²) >= 11 is 0. The quantitative estimate of drug-likeness (QED) is 0.648. The molecule has 3 nitrogen and oxygen atoms in total. The molecule has 64 valence electrons. The standard InChI is InChI=1S/C10H8N2O/c1-2-3-6-9-12-10-8(13-9)5-4-7-11-10/h1,4-5,7H,3,6H2. The molecule has 0 unspecified atom stereocenters. The lowest BCUT2D eigenvalue weighted by Gasteiger charge is -1.84. The normalized spacial score (nSPS) is 10.1. The molecule has 0 atom stereocenters. The van der Waals surface area contributed by atoms with Gasteiger partial charge in [-0.15, -0.1) is 12.3 Å². The van der Waals surface area contributed by atoms with E-state index in [1.807, 2.05) is 12.1 Å². The number of nitrogens with zero attached hydrogens (tertiary/aromatic N) is 2. The highest BCUT2D eigenvalue weighted by molar-refractivity contribution is 5.66. The third-order valence-electron chi connectivity index (χ3n) is 1.69. The van der Waals surface area contributed by atoms with Gasteiger partial charge in [-0.2, -0.15) is 4.98 Å². The maximum atomic E-state index is 5.40. The molecular weight excluding hydrogens is 164 g/mol. The van der Waals surface area contributed by atoms with Gasteiger partial charge in [0.05, 0.1) is 0 Å². The number of aryl methyl sites for hydroxylation is 1. The second-order valence-corrected chi connectivity index (χ2v) is 2.64. The van der Waals surface area contributed by atoms with Crippen LogP contribution in [0.5, 0.6) is 0 Å². The number of pyridine rings is 1. The summed E-state index contributed by atoms with van der Waals surface area (Å²) in [4.78, 5) is 8.23. The van der Waals surface area contributed by atoms with E-state index in [0.717, 1.165) is 5.58 Å². The lowest BCUT2D eigenvalue weighted by molar-refractivity contribution is 0.531. The summed E-state index contributed by atoms with van der Waals surface area (Å²) in [5.74, 6) is 3.20. The molecule has 0 saturated heterocycles. The zero-order chi connectivity index (χ0) is 9.10. The van der Waals surface area contributed by atoms with Crippen molar-refractivity contribution in [2.75, 3.05) is 0 Å². The predicted molar refractivity (Wildman–Crippen MR) is 49.0 cm³/mol. The summed E-state index contributed by atoms with van der Waals surface area (Å²) in [6.45, 7) is 0. The number of fused-ring (bicyclic) bond motifs is 1. The van der Waals surface area contributed by atoms with Gasteiger partial charge in [0.25, 0.3) is 0 Å². The molecule has 0 radical (unpaired) electrons. The van der Waals surface area contributed by atoms with Crippen LogP contribution in [0.4, 0.5) is 0 Å². The molecule has 0 aromatic carbocycles. The van der Waals surface area contributed by atoms with E-state index < -0.39 is 0 Å². The van der Waals surface area contributed by atoms with Crippen LogP contribution in [0.2, 0.25) is 0 Å². The molecule has 0 aliphatic carbocycles. The molecular formula is C10H8N2O. The molecule has 2 heterocycles. The molecule has 0 N–H and O–H groups in total. The predicted octanol–water partition coefficient (Wildman–Crippen LogP) is 1.79.